The van der Waals surface area contributed by atoms with Gasteiger partial charge in [0, 0.05) is 18.3 Å². The van der Waals surface area contributed by atoms with Crippen molar-refractivity contribution in [1.82, 2.24) is 0 Å². The zero-order valence-corrected chi connectivity index (χ0v) is 9.71. The Balaban J connectivity index is 2.40. The van der Waals surface area contributed by atoms with Crippen molar-refractivity contribution in [1.29, 1.82) is 0 Å². The van der Waals surface area contributed by atoms with Gasteiger partial charge in [-0.3, -0.25) is 14.9 Å². The number of amides is 1. The van der Waals surface area contributed by atoms with Gasteiger partial charge in [-0.1, -0.05) is 0 Å². The summed E-state index contributed by atoms with van der Waals surface area (Å²) >= 11 is 0. The Kier molecular flexibility index (Phi) is 3.70. The van der Waals surface area contributed by atoms with Gasteiger partial charge in [0.25, 0.3) is 18.0 Å². The molecule has 0 unspecified atom stereocenters. The molecule has 0 spiro atoms. The molecule has 1 saturated heterocycles. The molecular formula is C11H10F2N2O4. The van der Waals surface area contributed by atoms with Crippen molar-refractivity contribution in [3.63, 3.8) is 0 Å². The van der Waals surface area contributed by atoms with Crippen LogP contribution in [0.5, 0.6) is 0 Å². The molecule has 102 valence electrons. The molecule has 6 nitrogen and oxygen atoms in total. The Morgan fingerprint density at radius 2 is 2.16 bits per heavy atom. The highest BCUT2D eigenvalue weighted by atomic mass is 19.3. The number of alkyl halides is 2. The number of nitrogens with zero attached hydrogens (tertiary/aromatic N) is 2. The van der Waals surface area contributed by atoms with Gasteiger partial charge < -0.3 is 9.64 Å². The molecule has 0 saturated carbocycles. The fraction of sp³-hybridized carbons (Fsp3) is 0.364. The first-order valence-electron chi connectivity index (χ1n) is 5.45. The third kappa shape index (κ3) is 2.68. The molecule has 0 radical (unpaired) electrons. The highest BCUT2D eigenvalue weighted by Crippen LogP contribution is 2.32. The van der Waals surface area contributed by atoms with Crippen LogP contribution >= 0.6 is 0 Å². The third-order valence-corrected chi connectivity index (χ3v) is 2.74. The second-order valence-electron chi connectivity index (χ2n) is 3.90. The molecule has 1 amide bonds. The lowest BCUT2D eigenvalue weighted by atomic mass is 10.1. The lowest BCUT2D eigenvalue weighted by molar-refractivity contribution is -0.386. The molecule has 0 aliphatic carbocycles. The minimum absolute atomic E-state index is 0.124. The van der Waals surface area contributed by atoms with Crippen molar-refractivity contribution in [2.75, 3.05) is 24.7 Å². The molecular weight excluding hydrogens is 262 g/mol. The van der Waals surface area contributed by atoms with Crippen molar-refractivity contribution in [3.05, 3.63) is 33.9 Å². The molecule has 0 bridgehead atoms. The van der Waals surface area contributed by atoms with Gasteiger partial charge in [0.05, 0.1) is 17.1 Å². The Labute approximate surface area is 106 Å². The van der Waals surface area contributed by atoms with Gasteiger partial charge in [-0.2, -0.15) is 0 Å². The Morgan fingerprint density at radius 1 is 1.42 bits per heavy atom. The number of carbonyl (C=O) groups excluding carboxylic acids is 1. The summed E-state index contributed by atoms with van der Waals surface area (Å²) in [5.74, 6) is -0.361. The van der Waals surface area contributed by atoms with E-state index in [4.69, 9.17) is 4.74 Å². The van der Waals surface area contributed by atoms with E-state index in [1.807, 2.05) is 0 Å². The maximum Gasteiger partial charge on any atom is 0.278 e. The second kappa shape index (κ2) is 5.27. The number of morpholine rings is 1. The van der Waals surface area contributed by atoms with E-state index in [1.165, 1.54) is 11.0 Å². The smallest absolute Gasteiger partial charge is 0.278 e. The van der Waals surface area contributed by atoms with Crippen LogP contribution in [0.1, 0.15) is 12.0 Å². The maximum absolute atomic E-state index is 12.8. The maximum atomic E-state index is 12.8. The predicted octanol–water partition coefficient (Wildman–Crippen LogP) is 1.90. The second-order valence-corrected chi connectivity index (χ2v) is 3.90. The summed E-state index contributed by atoms with van der Waals surface area (Å²) in [7, 11) is 0. The molecule has 0 N–H and O–H groups in total. The summed E-state index contributed by atoms with van der Waals surface area (Å²) in [6.45, 7) is 0.410. The zero-order valence-electron chi connectivity index (χ0n) is 9.71. The minimum Gasteiger partial charge on any atom is -0.370 e. The minimum atomic E-state index is -2.98. The Bertz CT molecular complexity index is 521. The topological polar surface area (TPSA) is 72.7 Å². The van der Waals surface area contributed by atoms with E-state index in [2.05, 4.69) is 0 Å². The lowest BCUT2D eigenvalue weighted by Crippen LogP contribution is -2.41. The SMILES string of the molecule is O=C1COCCN1c1ccc([N+](=O)[O-])c(C(F)F)c1. The van der Waals surface area contributed by atoms with E-state index in [0.29, 0.717) is 6.61 Å². The molecule has 1 aromatic carbocycles. The molecule has 0 atom stereocenters. The zero-order chi connectivity index (χ0) is 14.0. The molecule has 1 aliphatic heterocycles. The molecule has 19 heavy (non-hydrogen) atoms. The number of benzene rings is 1. The quantitative estimate of drug-likeness (QED) is 0.622. The van der Waals surface area contributed by atoms with Crippen LogP contribution < -0.4 is 4.90 Å². The van der Waals surface area contributed by atoms with E-state index in [1.54, 1.807) is 0 Å². The third-order valence-electron chi connectivity index (χ3n) is 2.74. The van der Waals surface area contributed by atoms with Gasteiger partial charge in [-0.25, -0.2) is 8.78 Å². The molecule has 1 fully saturated rings. The van der Waals surface area contributed by atoms with Crippen molar-refractivity contribution in [2.24, 2.45) is 0 Å². The van der Waals surface area contributed by atoms with E-state index >= 15 is 0 Å². The fourth-order valence-electron chi connectivity index (χ4n) is 1.84. The van der Waals surface area contributed by atoms with Crippen LogP contribution in [0, 0.1) is 10.1 Å². The highest BCUT2D eigenvalue weighted by Gasteiger charge is 2.26. The summed E-state index contributed by atoms with van der Waals surface area (Å²) in [6.07, 6.45) is -2.98. The molecule has 1 aliphatic rings. The molecule has 1 aromatic rings. The van der Waals surface area contributed by atoms with E-state index < -0.39 is 22.6 Å². The molecule has 1 heterocycles. The van der Waals surface area contributed by atoms with Gasteiger partial charge in [0.2, 0.25) is 0 Å². The molecule has 2 rings (SSSR count). The van der Waals surface area contributed by atoms with Crippen LogP contribution in [-0.2, 0) is 9.53 Å². The molecule has 0 aromatic heterocycles. The Hall–Kier alpha value is -2.09. The summed E-state index contributed by atoms with van der Waals surface area (Å²) in [6, 6.07) is 3.25. The largest absolute Gasteiger partial charge is 0.370 e. The number of ether oxygens (including phenoxy) is 1. The predicted molar refractivity (Wildman–Crippen MR) is 61.2 cm³/mol. The number of hydrogen-bond acceptors (Lipinski definition) is 4. The number of nitro groups is 1. The average Bonchev–Trinajstić information content (AvgIpc) is 2.38. The number of anilines is 1. The number of nitro benzene ring substituents is 1. The van der Waals surface area contributed by atoms with Crippen LogP contribution in [0.25, 0.3) is 0 Å². The fourth-order valence-corrected chi connectivity index (χ4v) is 1.84. The van der Waals surface area contributed by atoms with Crippen molar-refractivity contribution < 1.29 is 23.2 Å². The lowest BCUT2D eigenvalue weighted by Gasteiger charge is -2.27. The van der Waals surface area contributed by atoms with Crippen molar-refractivity contribution in [2.45, 2.75) is 6.43 Å². The first-order chi connectivity index (χ1) is 9.00. The van der Waals surface area contributed by atoms with Gasteiger partial charge in [0.1, 0.15) is 6.61 Å². The van der Waals surface area contributed by atoms with Crippen LogP contribution in [0.2, 0.25) is 0 Å². The van der Waals surface area contributed by atoms with Gasteiger partial charge >= 0.3 is 0 Å². The average molecular weight is 272 g/mol. The number of rotatable bonds is 3. The normalized spacial score (nSPS) is 15.9. The monoisotopic (exact) mass is 272 g/mol. The van der Waals surface area contributed by atoms with Crippen LogP contribution in [0.3, 0.4) is 0 Å². The van der Waals surface area contributed by atoms with Gasteiger partial charge in [-0.05, 0) is 12.1 Å². The summed E-state index contributed by atoms with van der Waals surface area (Å²) in [5.41, 5.74) is -1.13. The van der Waals surface area contributed by atoms with E-state index in [-0.39, 0.29) is 24.7 Å². The first kappa shape index (κ1) is 13.3. The Morgan fingerprint density at radius 3 is 2.74 bits per heavy atom. The summed E-state index contributed by atoms with van der Waals surface area (Å²) in [5, 5.41) is 10.6. The highest BCUT2D eigenvalue weighted by molar-refractivity contribution is 5.95. The van der Waals surface area contributed by atoms with E-state index in [0.717, 1.165) is 12.1 Å². The van der Waals surface area contributed by atoms with Crippen molar-refractivity contribution >= 4 is 17.3 Å². The van der Waals surface area contributed by atoms with Crippen LogP contribution in [-0.4, -0.2) is 30.6 Å². The first-order valence-corrected chi connectivity index (χ1v) is 5.45. The standard InChI is InChI=1S/C11H10F2N2O4/c12-11(13)8-5-7(1-2-9(8)15(17)18)14-3-4-19-6-10(14)16/h1-2,5,11H,3-4,6H2. The van der Waals surface area contributed by atoms with E-state index in [9.17, 15) is 23.7 Å². The number of carbonyl (C=O) groups is 1. The molecule has 8 heteroatoms. The summed E-state index contributed by atoms with van der Waals surface area (Å²) in [4.78, 5) is 22.6. The van der Waals surface area contributed by atoms with Crippen molar-refractivity contribution in [3.8, 4) is 0 Å². The van der Waals surface area contributed by atoms with Crippen LogP contribution in [0.4, 0.5) is 20.2 Å². The van der Waals surface area contributed by atoms with Gasteiger partial charge in [-0.15, -0.1) is 0 Å². The summed E-state index contributed by atoms with van der Waals surface area (Å²) < 4.78 is 30.5. The number of hydrogen-bond donors (Lipinski definition) is 0. The van der Waals surface area contributed by atoms with Crippen LogP contribution in [0.15, 0.2) is 18.2 Å². The van der Waals surface area contributed by atoms with Gasteiger partial charge in [0.15, 0.2) is 0 Å². The number of halogens is 2.